The van der Waals surface area contributed by atoms with Gasteiger partial charge >= 0.3 is 0 Å². The summed E-state index contributed by atoms with van der Waals surface area (Å²) in [6.07, 6.45) is 5.33. The normalized spacial score (nSPS) is 12.7. The molecule has 0 radical (unpaired) electrons. The molecular formula is C14H18N3O+. The van der Waals surface area contributed by atoms with Gasteiger partial charge in [-0.2, -0.15) is 5.10 Å². The van der Waals surface area contributed by atoms with Crippen LogP contribution in [0.2, 0.25) is 0 Å². The molecule has 0 spiro atoms. The van der Waals surface area contributed by atoms with Crippen molar-refractivity contribution < 1.29 is 9.95 Å². The second-order valence-corrected chi connectivity index (χ2v) is 5.15. The molecule has 0 fully saturated rings. The molecule has 4 nitrogen and oxygen atoms in total. The van der Waals surface area contributed by atoms with Crippen LogP contribution in [0.1, 0.15) is 26.3 Å². The summed E-state index contributed by atoms with van der Waals surface area (Å²) < 4.78 is 3.00. The summed E-state index contributed by atoms with van der Waals surface area (Å²) in [7, 11) is 0. The Bertz CT molecular complexity index is 551. The maximum absolute atomic E-state index is 10.0. The first-order valence-corrected chi connectivity index (χ1v) is 5.90. The summed E-state index contributed by atoms with van der Waals surface area (Å²) in [6.45, 7) is 5.83. The van der Waals surface area contributed by atoms with E-state index in [1.165, 1.54) is 4.74 Å². The van der Waals surface area contributed by atoms with Crippen LogP contribution in [0, 0.1) is 0 Å². The number of benzene rings is 1. The maximum atomic E-state index is 10.0. The first-order chi connectivity index (χ1) is 8.48. The summed E-state index contributed by atoms with van der Waals surface area (Å²) in [6, 6.07) is 9.68. The van der Waals surface area contributed by atoms with Crippen molar-refractivity contribution in [2.45, 2.75) is 26.3 Å². The van der Waals surface area contributed by atoms with Gasteiger partial charge in [0.1, 0.15) is 0 Å². The van der Waals surface area contributed by atoms with Gasteiger partial charge in [0, 0.05) is 33.2 Å². The number of hydrogen-bond donors (Lipinski definition) is 1. The molecule has 1 aromatic heterocycles. The van der Waals surface area contributed by atoms with Gasteiger partial charge in [-0.1, -0.05) is 12.1 Å². The van der Waals surface area contributed by atoms with Crippen molar-refractivity contribution in [3.63, 3.8) is 0 Å². The number of nitrogens with zero attached hydrogens (tertiary/aromatic N) is 3. The topological polar surface area (TPSA) is 41.1 Å². The van der Waals surface area contributed by atoms with Gasteiger partial charge in [-0.3, -0.25) is 5.21 Å². The minimum atomic E-state index is -0.336. The van der Waals surface area contributed by atoms with Gasteiger partial charge in [0.25, 0.3) is 0 Å². The molecule has 0 saturated carbocycles. The minimum absolute atomic E-state index is 0.336. The molecule has 94 valence electrons. The second kappa shape index (κ2) is 4.64. The molecule has 18 heavy (non-hydrogen) atoms. The third-order valence-electron chi connectivity index (χ3n) is 2.64. The summed E-state index contributed by atoms with van der Waals surface area (Å²) in [5.74, 6) is 0. The molecule has 4 heteroatoms. The van der Waals surface area contributed by atoms with Crippen molar-refractivity contribution in [3.8, 4) is 5.69 Å². The van der Waals surface area contributed by atoms with Gasteiger partial charge in [-0.25, -0.2) is 4.68 Å². The average Bonchev–Trinajstić information content (AvgIpc) is 2.82. The van der Waals surface area contributed by atoms with Gasteiger partial charge in [0.2, 0.25) is 11.8 Å². The van der Waals surface area contributed by atoms with Crippen molar-refractivity contribution >= 4 is 6.21 Å². The van der Waals surface area contributed by atoms with Crippen LogP contribution in [-0.2, 0) is 0 Å². The number of rotatable bonds is 2. The molecule has 0 bridgehead atoms. The van der Waals surface area contributed by atoms with Crippen LogP contribution in [0.3, 0.4) is 0 Å². The second-order valence-electron chi connectivity index (χ2n) is 5.15. The van der Waals surface area contributed by atoms with Gasteiger partial charge in [-0.05, 0) is 22.9 Å². The highest BCUT2D eigenvalue weighted by atomic mass is 16.5. The molecule has 2 rings (SSSR count). The average molecular weight is 244 g/mol. The van der Waals surface area contributed by atoms with E-state index in [1.807, 2.05) is 57.3 Å². The van der Waals surface area contributed by atoms with Crippen molar-refractivity contribution in [2.75, 3.05) is 0 Å². The number of aromatic nitrogens is 2. The zero-order valence-corrected chi connectivity index (χ0v) is 10.9. The Morgan fingerprint density at radius 1 is 1.22 bits per heavy atom. The van der Waals surface area contributed by atoms with E-state index in [0.29, 0.717) is 0 Å². The van der Waals surface area contributed by atoms with E-state index >= 15 is 0 Å². The monoisotopic (exact) mass is 244 g/mol. The smallest absolute Gasteiger partial charge is 0.225 e. The summed E-state index contributed by atoms with van der Waals surface area (Å²) >= 11 is 0. The Labute approximate surface area is 107 Å². The van der Waals surface area contributed by atoms with Gasteiger partial charge in [-0.15, -0.1) is 0 Å². The summed E-state index contributed by atoms with van der Waals surface area (Å²) in [4.78, 5) is 0. The predicted molar refractivity (Wildman–Crippen MR) is 70.5 cm³/mol. The van der Waals surface area contributed by atoms with Crippen LogP contribution in [0.5, 0.6) is 0 Å². The Balaban J connectivity index is 2.47. The molecule has 0 aliphatic carbocycles. The Morgan fingerprint density at radius 2 is 1.94 bits per heavy atom. The first-order valence-electron chi connectivity index (χ1n) is 5.90. The predicted octanol–water partition coefficient (Wildman–Crippen LogP) is 2.49. The van der Waals surface area contributed by atoms with E-state index in [4.69, 9.17) is 0 Å². The third kappa shape index (κ3) is 2.59. The molecule has 1 heterocycles. The third-order valence-corrected chi connectivity index (χ3v) is 2.64. The lowest BCUT2D eigenvalue weighted by molar-refractivity contribution is -0.816. The highest BCUT2D eigenvalue weighted by Gasteiger charge is 2.24. The first kappa shape index (κ1) is 12.4. The zero-order chi connectivity index (χ0) is 13.2. The van der Waals surface area contributed by atoms with Crippen molar-refractivity contribution in [3.05, 3.63) is 48.3 Å². The standard InChI is InChI=1S/C14H18N3O/c1-14(2,3)17(18)11-12-7-4-5-8-13(12)16-10-6-9-15-16/h4-11,18H,1-3H3/q+1. The van der Waals surface area contributed by atoms with Crippen LogP contribution >= 0.6 is 0 Å². The quantitative estimate of drug-likeness (QED) is 0.381. The molecule has 0 aliphatic rings. The van der Waals surface area contributed by atoms with Crippen LogP contribution in [0.4, 0.5) is 0 Å². The van der Waals surface area contributed by atoms with E-state index in [9.17, 15) is 5.21 Å². The lowest BCUT2D eigenvalue weighted by Crippen LogP contribution is -2.31. The highest BCUT2D eigenvalue weighted by Crippen LogP contribution is 2.12. The van der Waals surface area contributed by atoms with Crippen LogP contribution in [-0.4, -0.2) is 31.5 Å². The van der Waals surface area contributed by atoms with E-state index in [0.717, 1.165) is 11.3 Å². The van der Waals surface area contributed by atoms with Crippen LogP contribution < -0.4 is 0 Å². The fraction of sp³-hybridized carbons (Fsp3) is 0.286. The van der Waals surface area contributed by atoms with Crippen LogP contribution in [0.15, 0.2) is 42.7 Å². The maximum Gasteiger partial charge on any atom is 0.225 e. The minimum Gasteiger partial charge on any atom is -0.290 e. The van der Waals surface area contributed by atoms with Crippen molar-refractivity contribution in [2.24, 2.45) is 0 Å². The molecule has 0 atom stereocenters. The van der Waals surface area contributed by atoms with Crippen molar-refractivity contribution in [1.82, 2.24) is 9.78 Å². The molecule has 1 aromatic carbocycles. The summed E-state index contributed by atoms with van der Waals surface area (Å²) in [5, 5.41) is 14.2. The molecule has 0 aliphatic heterocycles. The highest BCUT2D eigenvalue weighted by molar-refractivity contribution is 5.81. The van der Waals surface area contributed by atoms with E-state index in [-0.39, 0.29) is 5.54 Å². The van der Waals surface area contributed by atoms with E-state index in [2.05, 4.69) is 5.10 Å². The molecular weight excluding hydrogens is 226 g/mol. The van der Waals surface area contributed by atoms with E-state index in [1.54, 1.807) is 17.1 Å². The Morgan fingerprint density at radius 3 is 2.56 bits per heavy atom. The van der Waals surface area contributed by atoms with Gasteiger partial charge in [0.15, 0.2) is 0 Å². The van der Waals surface area contributed by atoms with E-state index < -0.39 is 0 Å². The Kier molecular flexibility index (Phi) is 3.19. The number of hydrogen-bond acceptors (Lipinski definition) is 2. The lowest BCUT2D eigenvalue weighted by atomic mass is 10.1. The van der Waals surface area contributed by atoms with Crippen molar-refractivity contribution in [1.29, 1.82) is 0 Å². The molecule has 1 N–H and O–H groups in total. The van der Waals surface area contributed by atoms with Gasteiger partial charge in [0.05, 0.1) is 11.3 Å². The summed E-state index contributed by atoms with van der Waals surface area (Å²) in [5.41, 5.74) is 1.52. The Hall–Kier alpha value is -2.10. The number of para-hydroxylation sites is 1. The zero-order valence-electron chi connectivity index (χ0n) is 10.9. The fourth-order valence-corrected chi connectivity index (χ4v) is 1.54. The molecule has 2 aromatic rings. The molecule has 0 amide bonds. The lowest BCUT2D eigenvalue weighted by Gasteiger charge is -2.10. The van der Waals surface area contributed by atoms with Crippen LogP contribution in [0.25, 0.3) is 5.69 Å². The fourth-order valence-electron chi connectivity index (χ4n) is 1.54. The van der Waals surface area contributed by atoms with Gasteiger partial charge < -0.3 is 0 Å². The molecule has 0 unspecified atom stereocenters. The molecule has 0 saturated heterocycles. The number of hydroxylamine groups is 1. The largest absolute Gasteiger partial charge is 0.290 e. The SMILES string of the molecule is CC(C)(C)[N+](O)=Cc1ccccc1-n1cccn1.